The molecule has 0 saturated heterocycles. The van der Waals surface area contributed by atoms with Gasteiger partial charge in [-0.15, -0.1) is 0 Å². The standard InChI is InChI=1S/C9H14/c1-6(2)4-7-8-5-9(7,8)3/h4,7-8H,5H2,1-3H3. The summed E-state index contributed by atoms with van der Waals surface area (Å²) in [6.07, 6.45) is 3.94. The number of hydrogen-bond donors (Lipinski definition) is 0. The van der Waals surface area contributed by atoms with Gasteiger partial charge in [-0.3, -0.25) is 0 Å². The summed E-state index contributed by atoms with van der Waals surface area (Å²) in [5.41, 5.74) is 2.28. The molecule has 0 spiro atoms. The lowest BCUT2D eigenvalue weighted by molar-refractivity contribution is 0.608. The first-order valence-electron chi connectivity index (χ1n) is 3.79. The van der Waals surface area contributed by atoms with Crippen LogP contribution in [0.3, 0.4) is 0 Å². The minimum absolute atomic E-state index is 0.789. The third-order valence-electron chi connectivity index (χ3n) is 2.95. The lowest BCUT2D eigenvalue weighted by Gasteiger charge is -2.00. The van der Waals surface area contributed by atoms with Crippen molar-refractivity contribution in [2.24, 2.45) is 17.3 Å². The van der Waals surface area contributed by atoms with Gasteiger partial charge in [-0.25, -0.2) is 0 Å². The van der Waals surface area contributed by atoms with Crippen molar-refractivity contribution in [2.75, 3.05) is 0 Å². The minimum Gasteiger partial charge on any atom is -0.0819 e. The predicted molar refractivity (Wildman–Crippen MR) is 39.1 cm³/mol. The van der Waals surface area contributed by atoms with Crippen molar-refractivity contribution >= 4 is 0 Å². The van der Waals surface area contributed by atoms with E-state index in [9.17, 15) is 0 Å². The van der Waals surface area contributed by atoms with Crippen molar-refractivity contribution in [3.63, 3.8) is 0 Å². The fourth-order valence-electron chi connectivity index (χ4n) is 1.88. The first-order valence-corrected chi connectivity index (χ1v) is 3.79. The molecule has 0 aromatic carbocycles. The summed E-state index contributed by atoms with van der Waals surface area (Å²) in [6.45, 7) is 6.80. The Morgan fingerprint density at radius 2 is 2.11 bits per heavy atom. The number of allylic oxidation sites excluding steroid dienone is 2. The van der Waals surface area contributed by atoms with Crippen LogP contribution in [0.15, 0.2) is 11.6 Å². The lowest BCUT2D eigenvalue weighted by atomic mass is 10.1. The molecule has 0 aromatic rings. The third-order valence-corrected chi connectivity index (χ3v) is 2.95. The second-order valence-corrected chi connectivity index (χ2v) is 4.09. The van der Waals surface area contributed by atoms with Crippen molar-refractivity contribution in [3.8, 4) is 0 Å². The zero-order valence-corrected chi connectivity index (χ0v) is 6.44. The fourth-order valence-corrected chi connectivity index (χ4v) is 1.88. The maximum Gasteiger partial charge on any atom is -0.0140 e. The summed E-state index contributed by atoms with van der Waals surface area (Å²) in [7, 11) is 0. The first-order chi connectivity index (χ1) is 4.14. The normalized spacial score (nSPS) is 51.9. The van der Waals surface area contributed by atoms with E-state index in [1.165, 1.54) is 12.0 Å². The Balaban J connectivity index is 2.00. The van der Waals surface area contributed by atoms with Gasteiger partial charge in [0.2, 0.25) is 0 Å². The van der Waals surface area contributed by atoms with Crippen molar-refractivity contribution in [2.45, 2.75) is 27.2 Å². The van der Waals surface area contributed by atoms with Crippen LogP contribution >= 0.6 is 0 Å². The highest BCUT2D eigenvalue weighted by Gasteiger charge is 2.73. The van der Waals surface area contributed by atoms with Crippen LogP contribution in [0, 0.1) is 17.3 Å². The molecule has 0 aliphatic heterocycles. The molecule has 3 atom stereocenters. The van der Waals surface area contributed by atoms with Crippen LogP contribution in [-0.2, 0) is 0 Å². The molecule has 2 rings (SSSR count). The van der Waals surface area contributed by atoms with Gasteiger partial charge in [-0.1, -0.05) is 18.6 Å². The minimum atomic E-state index is 0.789. The van der Waals surface area contributed by atoms with Gasteiger partial charge in [0.1, 0.15) is 0 Å². The zero-order chi connectivity index (χ0) is 6.65. The average molecular weight is 122 g/mol. The van der Waals surface area contributed by atoms with Gasteiger partial charge in [0.05, 0.1) is 0 Å². The van der Waals surface area contributed by atoms with E-state index in [-0.39, 0.29) is 0 Å². The largest absolute Gasteiger partial charge is 0.0819 e. The first kappa shape index (κ1) is 5.52. The molecule has 9 heavy (non-hydrogen) atoms. The summed E-state index contributed by atoms with van der Waals surface area (Å²) >= 11 is 0. The third kappa shape index (κ3) is 0.593. The maximum absolute atomic E-state index is 2.44. The quantitative estimate of drug-likeness (QED) is 0.469. The molecule has 2 fully saturated rings. The molecule has 3 unspecified atom stereocenters. The van der Waals surface area contributed by atoms with Gasteiger partial charge >= 0.3 is 0 Å². The Labute approximate surface area is 57.0 Å². The summed E-state index contributed by atoms with van der Waals surface area (Å²) in [6, 6.07) is 0. The summed E-state index contributed by atoms with van der Waals surface area (Å²) in [5, 5.41) is 0. The van der Waals surface area contributed by atoms with Crippen LogP contribution in [0.2, 0.25) is 0 Å². The molecule has 2 saturated carbocycles. The van der Waals surface area contributed by atoms with Gasteiger partial charge in [-0.05, 0) is 37.5 Å². The molecule has 0 aromatic heterocycles. The lowest BCUT2D eigenvalue weighted by Crippen LogP contribution is -1.90. The van der Waals surface area contributed by atoms with Crippen molar-refractivity contribution in [3.05, 3.63) is 11.6 Å². The average Bonchev–Trinajstić information content (AvgIpc) is 2.49. The molecule has 0 bridgehead atoms. The van der Waals surface area contributed by atoms with E-state index < -0.39 is 0 Å². The smallest absolute Gasteiger partial charge is 0.0140 e. The Morgan fingerprint density at radius 3 is 2.22 bits per heavy atom. The summed E-state index contributed by atoms with van der Waals surface area (Å²) in [4.78, 5) is 0. The highest BCUT2D eigenvalue weighted by atomic mass is 14.8. The van der Waals surface area contributed by atoms with E-state index in [4.69, 9.17) is 0 Å². The maximum atomic E-state index is 2.44. The summed E-state index contributed by atoms with van der Waals surface area (Å²) < 4.78 is 0. The fraction of sp³-hybridized carbons (Fsp3) is 0.778. The highest BCUT2D eigenvalue weighted by Crippen LogP contribution is 2.80. The Morgan fingerprint density at radius 1 is 1.56 bits per heavy atom. The van der Waals surface area contributed by atoms with Crippen LogP contribution in [0.1, 0.15) is 27.2 Å². The predicted octanol–water partition coefficient (Wildman–Crippen LogP) is 2.61. The molecule has 50 valence electrons. The molecule has 2 aliphatic carbocycles. The van der Waals surface area contributed by atoms with E-state index in [0.717, 1.165) is 17.3 Å². The Hall–Kier alpha value is -0.260. The summed E-state index contributed by atoms with van der Waals surface area (Å²) in [5.74, 6) is 2.06. The molecular weight excluding hydrogens is 108 g/mol. The number of fused-ring (bicyclic) bond motifs is 1. The molecular formula is C9H14. The van der Waals surface area contributed by atoms with Crippen LogP contribution in [0.4, 0.5) is 0 Å². The highest BCUT2D eigenvalue weighted by molar-refractivity contribution is 5.30. The SMILES string of the molecule is CC(C)=CC1C2CC12C. The number of rotatable bonds is 1. The molecule has 0 heterocycles. The van der Waals surface area contributed by atoms with Gasteiger partial charge in [-0.2, -0.15) is 0 Å². The van der Waals surface area contributed by atoms with Crippen LogP contribution in [0.5, 0.6) is 0 Å². The van der Waals surface area contributed by atoms with Crippen LogP contribution in [0.25, 0.3) is 0 Å². The van der Waals surface area contributed by atoms with Crippen molar-refractivity contribution in [1.29, 1.82) is 0 Å². The van der Waals surface area contributed by atoms with Gasteiger partial charge < -0.3 is 0 Å². The molecule has 0 N–H and O–H groups in total. The second kappa shape index (κ2) is 1.25. The second-order valence-electron chi connectivity index (χ2n) is 4.09. The van der Waals surface area contributed by atoms with Gasteiger partial charge in [0, 0.05) is 0 Å². The van der Waals surface area contributed by atoms with Crippen molar-refractivity contribution < 1.29 is 0 Å². The van der Waals surface area contributed by atoms with Crippen molar-refractivity contribution in [1.82, 2.24) is 0 Å². The van der Waals surface area contributed by atoms with E-state index >= 15 is 0 Å². The van der Waals surface area contributed by atoms with E-state index in [0.29, 0.717) is 0 Å². The molecule has 0 radical (unpaired) electrons. The monoisotopic (exact) mass is 122 g/mol. The van der Waals surface area contributed by atoms with Crippen LogP contribution in [-0.4, -0.2) is 0 Å². The van der Waals surface area contributed by atoms with E-state index in [2.05, 4.69) is 26.8 Å². The van der Waals surface area contributed by atoms with Gasteiger partial charge in [0.15, 0.2) is 0 Å². The van der Waals surface area contributed by atoms with Crippen LogP contribution < -0.4 is 0 Å². The number of hydrogen-bond acceptors (Lipinski definition) is 0. The zero-order valence-electron chi connectivity index (χ0n) is 6.44. The van der Waals surface area contributed by atoms with E-state index in [1.54, 1.807) is 0 Å². The van der Waals surface area contributed by atoms with Gasteiger partial charge in [0.25, 0.3) is 0 Å². The molecule has 0 amide bonds. The Kier molecular flexibility index (Phi) is 0.769. The Bertz CT molecular complexity index is 174. The molecule has 2 aliphatic rings. The molecule has 0 nitrogen and oxygen atoms in total. The van der Waals surface area contributed by atoms with E-state index in [1.807, 2.05) is 0 Å². The topological polar surface area (TPSA) is 0 Å². The molecule has 0 heteroatoms.